The second-order valence-electron chi connectivity index (χ2n) is 3.84. The molecule has 4 nitrogen and oxygen atoms in total. The van der Waals surface area contributed by atoms with Crippen LogP contribution in [-0.4, -0.2) is 18.2 Å². The number of alkyl halides is 2. The number of benzene rings is 1. The van der Waals surface area contributed by atoms with Crippen LogP contribution in [0.25, 0.3) is 11.1 Å². The molecule has 1 aromatic carbocycles. The predicted molar refractivity (Wildman–Crippen MR) is 59.3 cm³/mol. The molecule has 0 unspecified atom stereocenters. The van der Waals surface area contributed by atoms with Crippen LogP contribution in [0.2, 0.25) is 0 Å². The molecule has 0 fully saturated rings. The monoisotopic (exact) mass is 242 g/mol. The second kappa shape index (κ2) is 3.96. The largest absolute Gasteiger partial charge is 0.419 e. The van der Waals surface area contributed by atoms with Gasteiger partial charge in [-0.25, -0.2) is 4.79 Å². The molecule has 0 amide bonds. The first-order valence-electron chi connectivity index (χ1n) is 5.08. The van der Waals surface area contributed by atoms with E-state index in [9.17, 15) is 13.6 Å². The SMILES string of the molecule is CNCC(F)(F)c1ccc2oc(=O)n(C)c2c1. The minimum absolute atomic E-state index is 0.143. The van der Waals surface area contributed by atoms with Crippen LogP contribution in [0.1, 0.15) is 5.56 Å². The summed E-state index contributed by atoms with van der Waals surface area (Å²) >= 11 is 0. The first-order valence-corrected chi connectivity index (χ1v) is 5.08. The third kappa shape index (κ3) is 1.95. The number of nitrogens with one attached hydrogen (secondary N) is 1. The van der Waals surface area contributed by atoms with Gasteiger partial charge in [0.25, 0.3) is 5.92 Å². The van der Waals surface area contributed by atoms with E-state index in [0.717, 1.165) is 0 Å². The Morgan fingerprint density at radius 2 is 2.18 bits per heavy atom. The van der Waals surface area contributed by atoms with E-state index in [-0.39, 0.29) is 5.56 Å². The lowest BCUT2D eigenvalue weighted by Crippen LogP contribution is -2.28. The first-order chi connectivity index (χ1) is 7.95. The number of nitrogens with zero attached hydrogens (tertiary/aromatic N) is 1. The highest BCUT2D eigenvalue weighted by atomic mass is 19.3. The van der Waals surface area contributed by atoms with Crippen LogP contribution in [0.15, 0.2) is 27.4 Å². The van der Waals surface area contributed by atoms with Gasteiger partial charge in [-0.3, -0.25) is 4.57 Å². The summed E-state index contributed by atoms with van der Waals surface area (Å²) in [5, 5.41) is 2.43. The lowest BCUT2D eigenvalue weighted by atomic mass is 10.1. The highest BCUT2D eigenvalue weighted by molar-refractivity contribution is 5.73. The lowest BCUT2D eigenvalue weighted by Gasteiger charge is -2.15. The summed E-state index contributed by atoms with van der Waals surface area (Å²) in [6.07, 6.45) is 0. The summed E-state index contributed by atoms with van der Waals surface area (Å²) in [7, 11) is 2.94. The molecule has 17 heavy (non-hydrogen) atoms. The van der Waals surface area contributed by atoms with Crippen molar-refractivity contribution in [3.8, 4) is 0 Å². The third-order valence-electron chi connectivity index (χ3n) is 2.61. The average molecular weight is 242 g/mol. The normalized spacial score (nSPS) is 12.2. The number of fused-ring (bicyclic) bond motifs is 1. The number of halogens is 2. The summed E-state index contributed by atoms with van der Waals surface area (Å²) in [5.41, 5.74) is 0.528. The highest BCUT2D eigenvalue weighted by Gasteiger charge is 2.31. The van der Waals surface area contributed by atoms with Gasteiger partial charge < -0.3 is 9.73 Å². The van der Waals surface area contributed by atoms with Gasteiger partial charge >= 0.3 is 5.76 Å². The summed E-state index contributed by atoms with van der Waals surface area (Å²) in [5.74, 6) is -3.54. The Labute approximate surface area is 95.8 Å². The smallest absolute Gasteiger partial charge is 0.408 e. The van der Waals surface area contributed by atoms with Crippen molar-refractivity contribution < 1.29 is 13.2 Å². The fourth-order valence-corrected chi connectivity index (χ4v) is 1.68. The van der Waals surface area contributed by atoms with E-state index in [1.807, 2.05) is 0 Å². The molecule has 0 bridgehead atoms. The molecule has 0 atom stereocenters. The first kappa shape index (κ1) is 11.8. The Hall–Kier alpha value is -1.69. The molecule has 0 spiro atoms. The third-order valence-corrected chi connectivity index (χ3v) is 2.61. The van der Waals surface area contributed by atoms with Gasteiger partial charge in [-0.2, -0.15) is 8.78 Å². The fourth-order valence-electron chi connectivity index (χ4n) is 1.68. The molecule has 0 saturated carbocycles. The van der Waals surface area contributed by atoms with Gasteiger partial charge in [0, 0.05) is 12.6 Å². The maximum Gasteiger partial charge on any atom is 0.419 e. The van der Waals surface area contributed by atoms with E-state index in [1.165, 1.54) is 36.9 Å². The standard InChI is InChI=1S/C11H12F2N2O2/c1-14-6-11(12,13)7-3-4-9-8(5-7)15(2)10(16)17-9/h3-5,14H,6H2,1-2H3. The zero-order valence-corrected chi connectivity index (χ0v) is 9.46. The Bertz CT molecular complexity index is 601. The van der Waals surface area contributed by atoms with Crippen molar-refractivity contribution in [2.45, 2.75) is 5.92 Å². The van der Waals surface area contributed by atoms with Crippen molar-refractivity contribution in [3.05, 3.63) is 34.3 Å². The molecule has 0 aliphatic carbocycles. The van der Waals surface area contributed by atoms with E-state index >= 15 is 0 Å². The van der Waals surface area contributed by atoms with Gasteiger partial charge in [-0.15, -0.1) is 0 Å². The van der Waals surface area contributed by atoms with Crippen LogP contribution in [0.4, 0.5) is 8.78 Å². The van der Waals surface area contributed by atoms with Crippen LogP contribution >= 0.6 is 0 Å². The molecule has 92 valence electrons. The lowest BCUT2D eigenvalue weighted by molar-refractivity contribution is -0.00114. The van der Waals surface area contributed by atoms with Gasteiger partial charge in [0.05, 0.1) is 12.1 Å². The van der Waals surface area contributed by atoms with E-state index in [0.29, 0.717) is 11.1 Å². The Balaban J connectivity index is 2.58. The average Bonchev–Trinajstić information content (AvgIpc) is 2.54. The number of aromatic nitrogens is 1. The predicted octanol–water partition coefficient (Wildman–Crippen LogP) is 1.44. The molecule has 0 saturated heterocycles. The van der Waals surface area contributed by atoms with Crippen LogP contribution < -0.4 is 11.1 Å². The molecule has 0 aliphatic rings. The molecule has 0 radical (unpaired) electrons. The second-order valence-corrected chi connectivity index (χ2v) is 3.84. The molecular weight excluding hydrogens is 230 g/mol. The van der Waals surface area contributed by atoms with E-state index in [4.69, 9.17) is 4.42 Å². The number of rotatable bonds is 3. The van der Waals surface area contributed by atoms with Crippen LogP contribution in [0.3, 0.4) is 0 Å². The quantitative estimate of drug-likeness (QED) is 0.886. The zero-order chi connectivity index (χ0) is 12.6. The minimum Gasteiger partial charge on any atom is -0.408 e. The van der Waals surface area contributed by atoms with Crippen LogP contribution in [0.5, 0.6) is 0 Å². The molecule has 2 rings (SSSR count). The van der Waals surface area contributed by atoms with Crippen molar-refractivity contribution in [3.63, 3.8) is 0 Å². The topological polar surface area (TPSA) is 47.2 Å². The Kier molecular flexibility index (Phi) is 2.74. The van der Waals surface area contributed by atoms with Crippen molar-refractivity contribution in [2.24, 2.45) is 7.05 Å². The van der Waals surface area contributed by atoms with Crippen LogP contribution in [0, 0.1) is 0 Å². The molecule has 0 aliphatic heterocycles. The van der Waals surface area contributed by atoms with Gasteiger partial charge in [-0.05, 0) is 25.2 Å². The number of likely N-dealkylation sites (N-methyl/N-ethyl adjacent to an activating group) is 1. The van der Waals surface area contributed by atoms with Crippen molar-refractivity contribution in [2.75, 3.05) is 13.6 Å². The molecule has 6 heteroatoms. The Morgan fingerprint density at radius 1 is 1.47 bits per heavy atom. The van der Waals surface area contributed by atoms with E-state index in [2.05, 4.69) is 5.32 Å². The van der Waals surface area contributed by atoms with Crippen LogP contribution in [-0.2, 0) is 13.0 Å². The molecule has 2 aromatic rings. The van der Waals surface area contributed by atoms with E-state index in [1.54, 1.807) is 0 Å². The molecular formula is C11H12F2N2O2. The van der Waals surface area contributed by atoms with E-state index < -0.39 is 18.2 Å². The van der Waals surface area contributed by atoms with Crippen molar-refractivity contribution >= 4 is 11.1 Å². The van der Waals surface area contributed by atoms with Crippen molar-refractivity contribution in [1.29, 1.82) is 0 Å². The Morgan fingerprint density at radius 3 is 2.82 bits per heavy atom. The number of aryl methyl sites for hydroxylation is 1. The molecule has 1 aromatic heterocycles. The number of hydrogen-bond acceptors (Lipinski definition) is 3. The summed E-state index contributed by atoms with van der Waals surface area (Å²) in [6, 6.07) is 3.93. The summed E-state index contributed by atoms with van der Waals surface area (Å²) in [4.78, 5) is 11.2. The summed E-state index contributed by atoms with van der Waals surface area (Å²) < 4.78 is 33.4. The molecule has 1 heterocycles. The maximum atomic E-state index is 13.6. The van der Waals surface area contributed by atoms with Gasteiger partial charge in [0.1, 0.15) is 0 Å². The van der Waals surface area contributed by atoms with Gasteiger partial charge in [0.15, 0.2) is 5.58 Å². The van der Waals surface area contributed by atoms with Crippen molar-refractivity contribution in [1.82, 2.24) is 9.88 Å². The number of hydrogen-bond donors (Lipinski definition) is 1. The van der Waals surface area contributed by atoms with Gasteiger partial charge in [-0.1, -0.05) is 0 Å². The highest BCUT2D eigenvalue weighted by Crippen LogP contribution is 2.29. The summed E-state index contributed by atoms with van der Waals surface area (Å²) in [6.45, 7) is -0.454. The van der Waals surface area contributed by atoms with Gasteiger partial charge in [0.2, 0.25) is 0 Å². The number of oxazole rings is 1. The molecule has 1 N–H and O–H groups in total. The fraction of sp³-hybridized carbons (Fsp3) is 0.364. The maximum absolute atomic E-state index is 13.6. The minimum atomic E-state index is -2.98. The zero-order valence-electron chi connectivity index (χ0n) is 9.46.